The molecule has 1 fully saturated rings. The van der Waals surface area contributed by atoms with Crippen LogP contribution in [0.5, 0.6) is 0 Å². The molecule has 1 N–H and O–H groups in total. The number of halogens is 2. The van der Waals surface area contributed by atoms with Gasteiger partial charge in [0.2, 0.25) is 5.91 Å². The van der Waals surface area contributed by atoms with E-state index in [0.717, 1.165) is 16.7 Å². The van der Waals surface area contributed by atoms with Crippen LogP contribution < -0.4 is 10.2 Å². The van der Waals surface area contributed by atoms with Gasteiger partial charge in [0.15, 0.2) is 0 Å². The van der Waals surface area contributed by atoms with Crippen LogP contribution in [0.1, 0.15) is 16.7 Å². The van der Waals surface area contributed by atoms with Crippen molar-refractivity contribution in [3.8, 4) is 6.07 Å². The summed E-state index contributed by atoms with van der Waals surface area (Å²) >= 11 is 13.6. The number of nitrogens with zero attached hydrogens (tertiary/aromatic N) is 2. The van der Waals surface area contributed by atoms with Crippen LogP contribution in [-0.4, -0.2) is 17.1 Å². The highest BCUT2D eigenvalue weighted by molar-refractivity contribution is 8.05. The Kier molecular flexibility index (Phi) is 7.82. The third-order valence-electron chi connectivity index (χ3n) is 5.51. The molecule has 1 atom stereocenters. The number of carbonyl (C=O) groups is 2. The van der Waals surface area contributed by atoms with Gasteiger partial charge < -0.3 is 5.32 Å². The van der Waals surface area contributed by atoms with Crippen LogP contribution in [-0.2, 0) is 22.6 Å². The van der Waals surface area contributed by atoms with Crippen molar-refractivity contribution in [2.75, 3.05) is 4.90 Å². The number of hydrogen-bond acceptors (Lipinski definition) is 4. The van der Waals surface area contributed by atoms with Gasteiger partial charge in [-0.2, -0.15) is 5.26 Å². The zero-order chi connectivity index (χ0) is 24.9. The van der Waals surface area contributed by atoms with Crippen molar-refractivity contribution in [1.82, 2.24) is 5.32 Å². The molecule has 1 saturated heterocycles. The van der Waals surface area contributed by atoms with Crippen molar-refractivity contribution in [3.63, 3.8) is 0 Å². The molecule has 4 rings (SSSR count). The first-order valence-corrected chi connectivity index (χ1v) is 12.5. The topological polar surface area (TPSA) is 73.2 Å². The Bertz CT molecular complexity index is 1330. The summed E-state index contributed by atoms with van der Waals surface area (Å²) in [6, 6.07) is 24.0. The number of nitriles is 1. The lowest BCUT2D eigenvalue weighted by Crippen LogP contribution is -2.32. The lowest BCUT2D eigenvalue weighted by atomic mass is 10.1. The fourth-order valence-corrected chi connectivity index (χ4v) is 5.45. The first kappa shape index (κ1) is 24.9. The molecule has 3 aromatic rings. The molecule has 176 valence electrons. The van der Waals surface area contributed by atoms with Gasteiger partial charge in [-0.1, -0.05) is 89.1 Å². The largest absolute Gasteiger partial charge is 0.347 e. The van der Waals surface area contributed by atoms with Crippen molar-refractivity contribution in [1.29, 1.82) is 5.26 Å². The Balaban J connectivity index is 1.68. The summed E-state index contributed by atoms with van der Waals surface area (Å²) in [6.07, 6.45) is 0.329. The van der Waals surface area contributed by atoms with E-state index in [1.54, 1.807) is 18.2 Å². The molecule has 3 aromatic carbocycles. The van der Waals surface area contributed by atoms with Gasteiger partial charge in [-0.15, -0.1) is 0 Å². The van der Waals surface area contributed by atoms with Gasteiger partial charge in [-0.25, -0.2) is 0 Å². The highest BCUT2D eigenvalue weighted by Crippen LogP contribution is 2.42. The van der Waals surface area contributed by atoms with Crippen molar-refractivity contribution in [2.24, 2.45) is 0 Å². The predicted molar refractivity (Wildman–Crippen MR) is 141 cm³/mol. The Labute approximate surface area is 218 Å². The minimum absolute atomic E-state index is 0.107. The number of thioether (sulfide) groups is 1. The predicted octanol–water partition coefficient (Wildman–Crippen LogP) is 6.04. The summed E-state index contributed by atoms with van der Waals surface area (Å²) in [7, 11) is 0. The zero-order valence-corrected chi connectivity index (χ0v) is 21.1. The van der Waals surface area contributed by atoms with E-state index in [0.29, 0.717) is 27.2 Å². The Morgan fingerprint density at radius 2 is 1.80 bits per heavy atom. The molecule has 8 heteroatoms. The van der Waals surface area contributed by atoms with Gasteiger partial charge in [0.1, 0.15) is 16.7 Å². The van der Waals surface area contributed by atoms with Gasteiger partial charge in [0, 0.05) is 22.3 Å². The van der Waals surface area contributed by atoms with Gasteiger partial charge in [-0.3, -0.25) is 14.5 Å². The molecule has 0 spiro atoms. The summed E-state index contributed by atoms with van der Waals surface area (Å²) in [4.78, 5) is 28.1. The minimum atomic E-state index is -0.560. The van der Waals surface area contributed by atoms with Crippen molar-refractivity contribution in [2.45, 2.75) is 25.1 Å². The van der Waals surface area contributed by atoms with Crippen molar-refractivity contribution >= 4 is 52.5 Å². The summed E-state index contributed by atoms with van der Waals surface area (Å²) in [5.74, 6) is -0.752. The number of rotatable bonds is 6. The Morgan fingerprint density at radius 1 is 1.09 bits per heavy atom. The maximum absolute atomic E-state index is 13.6. The standard InChI is InChI=1S/C27H21Cl2N3O2S/c1-17-7-11-21(12-8-17)32-26(34)24(13-19-9-10-20(28)14-23(19)29)35-27(32)22(15-30)25(33)31-16-18-5-3-2-4-6-18/h2-12,14,24H,13,16H2,1H3,(H,31,33)/b27-22-/t24-/m0/s1. The number of nitrogens with one attached hydrogen (secondary N) is 1. The third-order valence-corrected chi connectivity index (χ3v) is 7.36. The van der Waals surface area contributed by atoms with Crippen LogP contribution >= 0.6 is 35.0 Å². The summed E-state index contributed by atoms with van der Waals surface area (Å²) in [5.41, 5.74) is 3.19. The summed E-state index contributed by atoms with van der Waals surface area (Å²) in [5, 5.41) is 13.5. The normalized spacial score (nSPS) is 16.7. The quantitative estimate of drug-likeness (QED) is 0.316. The van der Waals surface area contributed by atoms with Gasteiger partial charge in [0.05, 0.1) is 5.25 Å². The minimum Gasteiger partial charge on any atom is -0.347 e. The first-order chi connectivity index (χ1) is 16.9. The van der Waals surface area contributed by atoms with Gasteiger partial charge in [-0.05, 0) is 48.7 Å². The first-order valence-electron chi connectivity index (χ1n) is 10.8. The highest BCUT2D eigenvalue weighted by atomic mass is 35.5. The molecule has 0 saturated carbocycles. The Hall–Kier alpha value is -3.24. The van der Waals surface area contributed by atoms with Crippen molar-refractivity contribution in [3.05, 3.63) is 110 Å². The molecule has 35 heavy (non-hydrogen) atoms. The number of anilines is 1. The average molecular weight is 522 g/mol. The monoisotopic (exact) mass is 521 g/mol. The zero-order valence-electron chi connectivity index (χ0n) is 18.8. The van der Waals surface area contributed by atoms with E-state index in [1.807, 2.05) is 67.6 Å². The summed E-state index contributed by atoms with van der Waals surface area (Å²) < 4.78 is 0. The van der Waals surface area contributed by atoms with E-state index in [1.165, 1.54) is 16.7 Å². The van der Waals surface area contributed by atoms with Crippen LogP contribution in [0.3, 0.4) is 0 Å². The molecule has 0 aromatic heterocycles. The number of carbonyl (C=O) groups excluding carboxylic acids is 2. The summed E-state index contributed by atoms with van der Waals surface area (Å²) in [6.45, 7) is 2.22. The second-order valence-electron chi connectivity index (χ2n) is 8.02. The second kappa shape index (κ2) is 11.0. The maximum Gasteiger partial charge on any atom is 0.264 e. The lowest BCUT2D eigenvalue weighted by molar-refractivity contribution is -0.117. The van der Waals surface area contributed by atoms with Gasteiger partial charge >= 0.3 is 0 Å². The molecule has 0 aliphatic carbocycles. The van der Waals surface area contributed by atoms with E-state index in [4.69, 9.17) is 23.2 Å². The van der Waals surface area contributed by atoms with E-state index in [2.05, 4.69) is 5.32 Å². The van der Waals surface area contributed by atoms with Crippen molar-refractivity contribution < 1.29 is 9.59 Å². The van der Waals surface area contributed by atoms with Crippen LogP contribution in [0, 0.1) is 18.3 Å². The average Bonchev–Trinajstić information content (AvgIpc) is 3.16. The van der Waals surface area contributed by atoms with Crippen LogP contribution in [0.15, 0.2) is 83.4 Å². The fraction of sp³-hybridized carbons (Fsp3) is 0.148. The molecule has 1 heterocycles. The van der Waals surface area contributed by atoms with E-state index in [9.17, 15) is 14.9 Å². The Morgan fingerprint density at radius 3 is 2.46 bits per heavy atom. The number of benzene rings is 3. The SMILES string of the molecule is Cc1ccc(N2C(=O)[C@H](Cc3ccc(Cl)cc3Cl)S/C2=C(/C#N)C(=O)NCc2ccccc2)cc1. The molecule has 0 unspecified atom stereocenters. The van der Waals surface area contributed by atoms with Crippen LogP contribution in [0.2, 0.25) is 10.0 Å². The number of aryl methyl sites for hydroxylation is 1. The molecular weight excluding hydrogens is 501 g/mol. The third kappa shape index (κ3) is 5.71. The fourth-order valence-electron chi connectivity index (χ4n) is 3.67. The molecule has 1 aliphatic heterocycles. The van der Waals surface area contributed by atoms with Gasteiger partial charge in [0.25, 0.3) is 5.91 Å². The second-order valence-corrected chi connectivity index (χ2v) is 10.1. The van der Waals surface area contributed by atoms with E-state index in [-0.39, 0.29) is 18.0 Å². The highest BCUT2D eigenvalue weighted by Gasteiger charge is 2.41. The smallest absolute Gasteiger partial charge is 0.264 e. The van der Waals surface area contributed by atoms with E-state index < -0.39 is 11.2 Å². The maximum atomic E-state index is 13.6. The molecule has 0 bridgehead atoms. The molecular formula is C27H21Cl2N3O2S. The number of hydrogen-bond donors (Lipinski definition) is 1. The molecule has 2 amide bonds. The molecule has 0 radical (unpaired) electrons. The van der Waals surface area contributed by atoms with Crippen LogP contribution in [0.25, 0.3) is 0 Å². The lowest BCUT2D eigenvalue weighted by Gasteiger charge is -2.19. The molecule has 5 nitrogen and oxygen atoms in total. The number of amides is 2. The van der Waals surface area contributed by atoms with Crippen LogP contribution in [0.4, 0.5) is 5.69 Å². The van der Waals surface area contributed by atoms with E-state index >= 15 is 0 Å². The molecule has 1 aliphatic rings.